The van der Waals surface area contributed by atoms with Gasteiger partial charge in [-0.05, 0) is 68.7 Å². The van der Waals surface area contributed by atoms with Crippen molar-refractivity contribution >= 4 is 11.8 Å². The van der Waals surface area contributed by atoms with E-state index in [1.807, 2.05) is 39.0 Å². The van der Waals surface area contributed by atoms with Gasteiger partial charge in [0.2, 0.25) is 0 Å². The van der Waals surface area contributed by atoms with E-state index in [1.54, 1.807) is 17.0 Å². The minimum Gasteiger partial charge on any atom is -0.444 e. The summed E-state index contributed by atoms with van der Waals surface area (Å²) < 4.78 is 18.7. The molecule has 0 unspecified atom stereocenters. The molecule has 1 amide bonds. The number of benzene rings is 2. The Balaban J connectivity index is 1.74. The molecule has 2 aromatic rings. The van der Waals surface area contributed by atoms with Gasteiger partial charge in [0.25, 0.3) is 0 Å². The van der Waals surface area contributed by atoms with Crippen LogP contribution in [0.3, 0.4) is 0 Å². The molecular weight excluding hydrogens is 369 g/mol. The van der Waals surface area contributed by atoms with Crippen LogP contribution in [0.25, 0.3) is 0 Å². The lowest BCUT2D eigenvalue weighted by Gasteiger charge is -2.37. The molecule has 0 aliphatic carbocycles. The van der Waals surface area contributed by atoms with Gasteiger partial charge in [0.05, 0.1) is 11.6 Å². The number of hydrogen-bond acceptors (Lipinski definition) is 4. The number of rotatable bonds is 3. The second-order valence-electron chi connectivity index (χ2n) is 8.21. The Bertz CT molecular complexity index is 905. The van der Waals surface area contributed by atoms with Gasteiger partial charge in [0, 0.05) is 31.9 Å². The zero-order chi connectivity index (χ0) is 21.0. The Labute approximate surface area is 171 Å². The van der Waals surface area contributed by atoms with Crippen molar-refractivity contribution in [1.29, 1.82) is 5.26 Å². The van der Waals surface area contributed by atoms with E-state index in [9.17, 15) is 14.4 Å². The zero-order valence-corrected chi connectivity index (χ0v) is 17.1. The van der Waals surface area contributed by atoms with E-state index in [0.717, 1.165) is 16.8 Å². The van der Waals surface area contributed by atoms with Crippen molar-refractivity contribution in [2.75, 3.05) is 31.1 Å². The molecule has 0 bridgehead atoms. The lowest BCUT2D eigenvalue weighted by molar-refractivity contribution is 0.0240. The standard InChI is InChI=1S/C23H26FN3O2/c1-23(2,3)29-22(28)27-12-10-26(11-13-27)21-9-6-18(16-25)15-19(21)14-17-4-7-20(24)8-5-17/h4-9,15H,10-14H2,1-3H3. The van der Waals surface area contributed by atoms with Crippen LogP contribution in [-0.4, -0.2) is 42.8 Å². The van der Waals surface area contributed by atoms with Gasteiger partial charge >= 0.3 is 6.09 Å². The highest BCUT2D eigenvalue weighted by molar-refractivity contribution is 5.69. The van der Waals surface area contributed by atoms with Crippen molar-refractivity contribution in [1.82, 2.24) is 4.90 Å². The van der Waals surface area contributed by atoms with E-state index < -0.39 is 5.60 Å². The topological polar surface area (TPSA) is 56.6 Å². The fourth-order valence-electron chi connectivity index (χ4n) is 3.38. The summed E-state index contributed by atoms with van der Waals surface area (Å²) in [6.45, 7) is 8.10. The molecule has 1 aliphatic rings. The zero-order valence-electron chi connectivity index (χ0n) is 17.1. The maximum absolute atomic E-state index is 13.2. The van der Waals surface area contributed by atoms with Gasteiger partial charge in [-0.15, -0.1) is 0 Å². The highest BCUT2D eigenvalue weighted by Crippen LogP contribution is 2.26. The van der Waals surface area contributed by atoms with Gasteiger partial charge in [-0.2, -0.15) is 5.26 Å². The largest absolute Gasteiger partial charge is 0.444 e. The first-order chi connectivity index (χ1) is 13.7. The summed E-state index contributed by atoms with van der Waals surface area (Å²) in [7, 11) is 0. The Morgan fingerprint density at radius 2 is 1.76 bits per heavy atom. The predicted molar refractivity (Wildman–Crippen MR) is 110 cm³/mol. The monoisotopic (exact) mass is 395 g/mol. The third-order valence-electron chi connectivity index (χ3n) is 4.79. The van der Waals surface area contributed by atoms with Crippen molar-refractivity contribution in [2.45, 2.75) is 32.8 Å². The van der Waals surface area contributed by atoms with Crippen molar-refractivity contribution in [3.8, 4) is 6.07 Å². The number of nitrogens with zero attached hydrogens (tertiary/aromatic N) is 3. The Kier molecular flexibility index (Phi) is 6.07. The molecular formula is C23H26FN3O2. The molecule has 152 valence electrons. The molecule has 1 saturated heterocycles. The third kappa shape index (κ3) is 5.47. The first kappa shape index (κ1) is 20.7. The molecule has 1 fully saturated rings. The van der Waals surface area contributed by atoms with Crippen LogP contribution in [0.4, 0.5) is 14.9 Å². The molecule has 29 heavy (non-hydrogen) atoms. The molecule has 1 heterocycles. The Morgan fingerprint density at radius 3 is 2.34 bits per heavy atom. The summed E-state index contributed by atoms with van der Waals surface area (Å²) in [6, 6.07) is 14.3. The molecule has 0 radical (unpaired) electrons. The molecule has 1 aliphatic heterocycles. The van der Waals surface area contributed by atoms with Crippen molar-refractivity contribution in [2.24, 2.45) is 0 Å². The van der Waals surface area contributed by atoms with Crippen LogP contribution < -0.4 is 4.90 Å². The van der Waals surface area contributed by atoms with Crippen LogP contribution in [0, 0.1) is 17.1 Å². The molecule has 0 atom stereocenters. The van der Waals surface area contributed by atoms with E-state index in [4.69, 9.17) is 4.74 Å². The first-order valence-corrected chi connectivity index (χ1v) is 9.75. The molecule has 0 N–H and O–H groups in total. The van der Waals surface area contributed by atoms with Crippen molar-refractivity contribution < 1.29 is 13.9 Å². The smallest absolute Gasteiger partial charge is 0.410 e. The van der Waals surface area contributed by atoms with E-state index in [-0.39, 0.29) is 11.9 Å². The number of hydrogen-bond donors (Lipinski definition) is 0. The van der Waals surface area contributed by atoms with Crippen LogP contribution >= 0.6 is 0 Å². The lowest BCUT2D eigenvalue weighted by atomic mass is 10.00. The van der Waals surface area contributed by atoms with Crippen molar-refractivity contribution in [3.05, 3.63) is 65.0 Å². The van der Waals surface area contributed by atoms with Crippen molar-refractivity contribution in [3.63, 3.8) is 0 Å². The van der Waals surface area contributed by atoms with E-state index in [0.29, 0.717) is 38.2 Å². The van der Waals surface area contributed by atoms with E-state index >= 15 is 0 Å². The molecule has 0 aromatic heterocycles. The number of nitriles is 1. The SMILES string of the molecule is CC(C)(C)OC(=O)N1CCN(c2ccc(C#N)cc2Cc2ccc(F)cc2)CC1. The molecule has 0 saturated carbocycles. The quantitative estimate of drug-likeness (QED) is 0.776. The lowest BCUT2D eigenvalue weighted by Crippen LogP contribution is -2.50. The molecule has 5 nitrogen and oxygen atoms in total. The summed E-state index contributed by atoms with van der Waals surface area (Å²) in [6.07, 6.45) is 0.320. The summed E-state index contributed by atoms with van der Waals surface area (Å²) in [5.41, 5.74) is 3.12. The molecule has 3 rings (SSSR count). The average molecular weight is 395 g/mol. The maximum atomic E-state index is 13.2. The van der Waals surface area contributed by atoms with Crippen LogP contribution in [0.5, 0.6) is 0 Å². The second-order valence-corrected chi connectivity index (χ2v) is 8.21. The fraction of sp³-hybridized carbons (Fsp3) is 0.391. The van der Waals surface area contributed by atoms with Gasteiger partial charge in [-0.1, -0.05) is 12.1 Å². The number of halogens is 1. The normalized spacial score (nSPS) is 14.4. The number of piperazine rings is 1. The van der Waals surface area contributed by atoms with Crippen LogP contribution in [-0.2, 0) is 11.2 Å². The summed E-state index contributed by atoms with van der Waals surface area (Å²) in [4.78, 5) is 16.2. The highest BCUT2D eigenvalue weighted by Gasteiger charge is 2.26. The number of ether oxygens (including phenoxy) is 1. The van der Waals surface area contributed by atoms with Gasteiger partial charge < -0.3 is 14.5 Å². The minimum absolute atomic E-state index is 0.266. The second kappa shape index (κ2) is 8.52. The van der Waals surface area contributed by atoms with E-state index in [2.05, 4.69) is 11.0 Å². The maximum Gasteiger partial charge on any atom is 0.410 e. The fourth-order valence-corrected chi connectivity index (χ4v) is 3.38. The van der Waals surface area contributed by atoms with Crippen LogP contribution in [0.1, 0.15) is 37.5 Å². The first-order valence-electron chi connectivity index (χ1n) is 9.75. The average Bonchev–Trinajstić information content (AvgIpc) is 2.68. The highest BCUT2D eigenvalue weighted by atomic mass is 19.1. The van der Waals surface area contributed by atoms with Gasteiger partial charge in [0.15, 0.2) is 0 Å². The Morgan fingerprint density at radius 1 is 1.10 bits per heavy atom. The van der Waals surface area contributed by atoms with Gasteiger partial charge in [-0.25, -0.2) is 9.18 Å². The van der Waals surface area contributed by atoms with Gasteiger partial charge in [0.1, 0.15) is 11.4 Å². The van der Waals surface area contributed by atoms with Crippen LogP contribution in [0.15, 0.2) is 42.5 Å². The van der Waals surface area contributed by atoms with E-state index in [1.165, 1.54) is 12.1 Å². The molecule has 6 heteroatoms. The Hall–Kier alpha value is -3.07. The number of carbonyl (C=O) groups is 1. The predicted octanol–water partition coefficient (Wildman–Crippen LogP) is 4.35. The summed E-state index contributed by atoms with van der Waals surface area (Å²) >= 11 is 0. The molecule has 2 aromatic carbocycles. The summed E-state index contributed by atoms with van der Waals surface area (Å²) in [5, 5.41) is 9.28. The third-order valence-corrected chi connectivity index (χ3v) is 4.79. The van der Waals surface area contributed by atoms with Gasteiger partial charge in [-0.3, -0.25) is 0 Å². The summed E-state index contributed by atoms with van der Waals surface area (Å²) in [5.74, 6) is -0.266. The van der Waals surface area contributed by atoms with Crippen LogP contribution in [0.2, 0.25) is 0 Å². The number of amides is 1. The number of carbonyl (C=O) groups excluding carboxylic acids is 1. The molecule has 0 spiro atoms. The number of anilines is 1. The minimum atomic E-state index is -0.510.